The summed E-state index contributed by atoms with van der Waals surface area (Å²) in [5.41, 5.74) is 2.73. The minimum atomic E-state index is -1.07. The Kier molecular flexibility index (Phi) is 17.4. The minimum absolute atomic E-state index is 0.000384. The van der Waals surface area contributed by atoms with Crippen molar-refractivity contribution in [2.45, 2.75) is 33.7 Å². The highest BCUT2D eigenvalue weighted by molar-refractivity contribution is 7.80. The second-order valence-corrected chi connectivity index (χ2v) is 11.7. The number of aromatic carboxylic acids is 1. The van der Waals surface area contributed by atoms with Crippen molar-refractivity contribution < 1.29 is 38.7 Å². The maximum absolute atomic E-state index is 11.5. The highest BCUT2D eigenvalue weighted by atomic mass is 32.1. The second kappa shape index (κ2) is 21.8. The molecule has 0 bridgehead atoms. The number of hydrogen-bond acceptors (Lipinski definition) is 10. The number of aliphatic carboxylic acids is 1. The van der Waals surface area contributed by atoms with Crippen molar-refractivity contribution in [3.05, 3.63) is 83.2 Å². The van der Waals surface area contributed by atoms with Crippen LogP contribution in [0.3, 0.4) is 0 Å². The molecule has 0 fully saturated rings. The number of ether oxygens (including phenoxy) is 4. The van der Waals surface area contributed by atoms with Gasteiger partial charge in [0.15, 0.2) is 11.5 Å². The predicted octanol–water partition coefficient (Wildman–Crippen LogP) is 5.07. The van der Waals surface area contributed by atoms with Gasteiger partial charge in [0.05, 0.1) is 37.1 Å². The first-order chi connectivity index (χ1) is 23.7. The zero-order chi connectivity index (χ0) is 35.4. The number of hydrogen-bond donors (Lipinski definition) is 3. The van der Waals surface area contributed by atoms with Crippen molar-refractivity contribution >= 4 is 34.8 Å². The third-order valence-electron chi connectivity index (χ3n) is 7.54. The molecule has 2 aromatic rings. The number of allylic oxidation sites excluding steroid dienone is 3. The van der Waals surface area contributed by atoms with Crippen LogP contribution in [0.15, 0.2) is 71.8 Å². The fourth-order valence-electron chi connectivity index (χ4n) is 4.69. The topological polar surface area (TPSA) is 143 Å². The molecular formula is C36H48N4O8S. The number of anilines is 1. The van der Waals surface area contributed by atoms with Crippen molar-refractivity contribution in [2.24, 2.45) is 0 Å². The molecule has 2 heterocycles. The van der Waals surface area contributed by atoms with Crippen LogP contribution < -0.4 is 14.8 Å². The lowest BCUT2D eigenvalue weighted by atomic mass is 10.2. The molecule has 0 saturated carbocycles. The van der Waals surface area contributed by atoms with Gasteiger partial charge in [-0.1, -0.05) is 49.5 Å². The molecule has 3 rings (SSSR count). The van der Waals surface area contributed by atoms with Gasteiger partial charge in [0.2, 0.25) is 0 Å². The van der Waals surface area contributed by atoms with Gasteiger partial charge in [-0.2, -0.15) is 0 Å². The fraction of sp³-hybridized carbons (Fsp3) is 0.444. The summed E-state index contributed by atoms with van der Waals surface area (Å²) in [6.07, 6.45) is 7.95. The van der Waals surface area contributed by atoms with E-state index in [9.17, 15) is 14.7 Å². The van der Waals surface area contributed by atoms with Crippen LogP contribution in [0.25, 0.3) is 0 Å². The number of carboxylic acids is 2. The van der Waals surface area contributed by atoms with Crippen LogP contribution in [0.4, 0.5) is 5.69 Å². The Morgan fingerprint density at radius 1 is 0.939 bits per heavy atom. The predicted molar refractivity (Wildman–Crippen MR) is 193 cm³/mol. The molecular weight excluding hydrogens is 648 g/mol. The number of rotatable bonds is 10. The molecule has 1 aliphatic rings. The first kappa shape index (κ1) is 39.3. The van der Waals surface area contributed by atoms with Gasteiger partial charge < -0.3 is 34.5 Å². The summed E-state index contributed by atoms with van der Waals surface area (Å²) in [6, 6.07) is 10.6. The third kappa shape index (κ3) is 14.9. The molecule has 0 saturated heterocycles. The largest absolute Gasteiger partial charge is 0.488 e. The average molecular weight is 697 g/mol. The summed E-state index contributed by atoms with van der Waals surface area (Å²) in [5.74, 6) is -0.855. The lowest BCUT2D eigenvalue weighted by Crippen LogP contribution is -2.34. The summed E-state index contributed by atoms with van der Waals surface area (Å²) in [4.78, 5) is 31.9. The number of thiocarbonyl (C=S) groups is 1. The van der Waals surface area contributed by atoms with E-state index in [0.29, 0.717) is 108 Å². The number of pyridine rings is 1. The summed E-state index contributed by atoms with van der Waals surface area (Å²) in [7, 11) is 0. The zero-order valence-corrected chi connectivity index (χ0v) is 29.4. The Bertz CT molecular complexity index is 1480. The van der Waals surface area contributed by atoms with Crippen LogP contribution in [0.1, 0.15) is 43.4 Å². The van der Waals surface area contributed by atoms with Crippen LogP contribution >= 0.6 is 12.2 Å². The van der Waals surface area contributed by atoms with Gasteiger partial charge in [-0.3, -0.25) is 9.80 Å². The number of nitrogens with one attached hydrogen (secondary N) is 1. The number of aromatic nitrogens is 1. The quantitative estimate of drug-likeness (QED) is 0.173. The molecule has 0 aliphatic carbocycles. The smallest absolute Gasteiger partial charge is 0.354 e. The third-order valence-corrected chi connectivity index (χ3v) is 7.93. The number of carbonyl (C=O) groups is 2. The normalized spacial score (nSPS) is 16.9. The van der Waals surface area contributed by atoms with Gasteiger partial charge in [-0.05, 0) is 50.1 Å². The van der Waals surface area contributed by atoms with Crippen LogP contribution in [0, 0.1) is 0 Å². The Labute approximate surface area is 294 Å². The van der Waals surface area contributed by atoms with Crippen molar-refractivity contribution in [1.82, 2.24) is 14.8 Å². The standard InChI is InChI=1S/C36H48N4O8S/c1-4-28(9-6-8-27(3)35(41)42)25-39-14-18-45-22-23-46-19-15-40(26-30-10-7-11-31(37-30)36(43)44)17-21-48-33-24-29(38-34(49)5-2)12-13-32(33)47-20-16-39/h4,6-13,24H,5,14-23,25-26H2,1-3H3,(H,38,49)(H,41,42)(H,43,44)/b9-6-,27-8+,28-4?. The summed E-state index contributed by atoms with van der Waals surface area (Å²) in [5, 5.41) is 21.8. The Morgan fingerprint density at radius 2 is 1.61 bits per heavy atom. The lowest BCUT2D eigenvalue weighted by Gasteiger charge is -2.25. The molecule has 0 spiro atoms. The molecule has 13 heteroatoms. The van der Waals surface area contributed by atoms with Crippen molar-refractivity contribution in [2.75, 3.05) is 77.7 Å². The molecule has 0 radical (unpaired) electrons. The Hall–Kier alpha value is -4.14. The Morgan fingerprint density at radius 3 is 2.29 bits per heavy atom. The summed E-state index contributed by atoms with van der Waals surface area (Å²) in [6.45, 7) is 11.4. The van der Waals surface area contributed by atoms with Crippen molar-refractivity contribution in [3.63, 3.8) is 0 Å². The molecule has 0 unspecified atom stereocenters. The number of fused-ring (bicyclic) bond motifs is 1. The van der Waals surface area contributed by atoms with Gasteiger partial charge in [-0.25, -0.2) is 14.6 Å². The maximum Gasteiger partial charge on any atom is 0.354 e. The second-order valence-electron chi connectivity index (χ2n) is 11.2. The molecule has 266 valence electrons. The molecule has 3 N–H and O–H groups in total. The Balaban J connectivity index is 1.77. The van der Waals surface area contributed by atoms with E-state index in [4.69, 9.17) is 36.3 Å². The van der Waals surface area contributed by atoms with E-state index in [1.165, 1.54) is 6.07 Å². The highest BCUT2D eigenvalue weighted by Gasteiger charge is 2.14. The lowest BCUT2D eigenvalue weighted by molar-refractivity contribution is -0.132. The highest BCUT2D eigenvalue weighted by Crippen LogP contribution is 2.31. The van der Waals surface area contributed by atoms with E-state index in [-0.39, 0.29) is 11.3 Å². The van der Waals surface area contributed by atoms with Crippen LogP contribution in [0.5, 0.6) is 11.5 Å². The molecule has 1 aliphatic heterocycles. The van der Waals surface area contributed by atoms with Gasteiger partial charge in [0.1, 0.15) is 18.9 Å². The van der Waals surface area contributed by atoms with E-state index < -0.39 is 11.9 Å². The van der Waals surface area contributed by atoms with Crippen molar-refractivity contribution in [3.8, 4) is 11.5 Å². The molecule has 0 amide bonds. The number of carboxylic acid groups (broad SMARTS) is 2. The maximum atomic E-state index is 11.5. The first-order valence-corrected chi connectivity index (χ1v) is 16.8. The fourth-order valence-corrected chi connectivity index (χ4v) is 4.81. The molecule has 0 atom stereocenters. The molecule has 1 aromatic heterocycles. The van der Waals surface area contributed by atoms with E-state index in [1.807, 2.05) is 50.3 Å². The van der Waals surface area contributed by atoms with Crippen molar-refractivity contribution in [1.29, 1.82) is 0 Å². The number of nitrogens with zero attached hydrogens (tertiary/aromatic N) is 3. The van der Waals surface area contributed by atoms with Gasteiger partial charge >= 0.3 is 11.9 Å². The SMILES string of the molecule is CC=C(/C=C\C=C(/C)C(=O)O)CN1CCOCCOCCN(Cc2cccc(C(=O)O)n2)CCOc2cc(NC(=S)CC)ccc2OCC1. The summed E-state index contributed by atoms with van der Waals surface area (Å²) >= 11 is 5.40. The molecule has 49 heavy (non-hydrogen) atoms. The van der Waals surface area contributed by atoms with Crippen LogP contribution in [-0.2, 0) is 20.8 Å². The van der Waals surface area contributed by atoms with Crippen LogP contribution in [-0.4, -0.2) is 114 Å². The molecule has 12 nitrogen and oxygen atoms in total. The van der Waals surface area contributed by atoms with Gasteiger partial charge in [0, 0.05) is 56.6 Å². The first-order valence-electron chi connectivity index (χ1n) is 16.4. The average Bonchev–Trinajstić information content (AvgIpc) is 3.08. The monoisotopic (exact) mass is 696 g/mol. The van der Waals surface area contributed by atoms with E-state index >= 15 is 0 Å². The van der Waals surface area contributed by atoms with E-state index in [2.05, 4.69) is 20.1 Å². The number of benzene rings is 1. The van der Waals surface area contributed by atoms with E-state index in [1.54, 1.807) is 25.1 Å². The summed E-state index contributed by atoms with van der Waals surface area (Å²) < 4.78 is 24.4. The minimum Gasteiger partial charge on any atom is -0.488 e. The van der Waals surface area contributed by atoms with Gasteiger partial charge in [-0.15, -0.1) is 0 Å². The van der Waals surface area contributed by atoms with Crippen LogP contribution in [0.2, 0.25) is 0 Å². The molecule has 1 aromatic carbocycles. The van der Waals surface area contributed by atoms with Gasteiger partial charge in [0.25, 0.3) is 0 Å². The zero-order valence-electron chi connectivity index (χ0n) is 28.6. The van der Waals surface area contributed by atoms with E-state index in [0.717, 1.165) is 11.3 Å².